The third-order valence-electron chi connectivity index (χ3n) is 3.62. The first-order valence-electron chi connectivity index (χ1n) is 7.52. The van der Waals surface area contributed by atoms with Crippen LogP contribution >= 0.6 is 23.4 Å². The molecular formula is C17H15ClN2O4S. The molecule has 1 aromatic carbocycles. The average Bonchev–Trinajstić information content (AvgIpc) is 2.54. The zero-order valence-electron chi connectivity index (χ0n) is 13.5. The summed E-state index contributed by atoms with van der Waals surface area (Å²) in [6, 6.07) is 5.80. The maximum atomic E-state index is 11.8. The van der Waals surface area contributed by atoms with E-state index in [1.807, 2.05) is 18.4 Å². The van der Waals surface area contributed by atoms with Gasteiger partial charge in [-0.25, -0.2) is 4.79 Å². The monoisotopic (exact) mass is 378 g/mol. The molecule has 3 aromatic rings. The first kappa shape index (κ1) is 17.6. The minimum absolute atomic E-state index is 0.138. The van der Waals surface area contributed by atoms with Gasteiger partial charge in [0.15, 0.2) is 5.16 Å². The van der Waals surface area contributed by atoms with E-state index in [-0.39, 0.29) is 28.0 Å². The lowest BCUT2D eigenvalue weighted by Crippen LogP contribution is -2.14. The number of benzene rings is 1. The Morgan fingerprint density at radius 1 is 1.32 bits per heavy atom. The van der Waals surface area contributed by atoms with Crippen LogP contribution in [0.4, 0.5) is 0 Å². The summed E-state index contributed by atoms with van der Waals surface area (Å²) in [6.45, 7) is 3.98. The van der Waals surface area contributed by atoms with E-state index in [0.717, 1.165) is 0 Å². The Morgan fingerprint density at radius 3 is 2.80 bits per heavy atom. The number of phenolic OH excluding ortho intramolecular Hbond substituents is 1. The molecule has 0 aliphatic rings. The van der Waals surface area contributed by atoms with E-state index < -0.39 is 5.63 Å². The van der Waals surface area contributed by atoms with E-state index in [0.29, 0.717) is 21.9 Å². The lowest BCUT2D eigenvalue weighted by atomic mass is 10.1. The van der Waals surface area contributed by atoms with E-state index in [2.05, 4.69) is 4.98 Å². The van der Waals surface area contributed by atoms with Crippen LogP contribution in [0.3, 0.4) is 0 Å². The number of hydrogen-bond acceptors (Lipinski definition) is 6. The fourth-order valence-electron chi connectivity index (χ4n) is 2.39. The summed E-state index contributed by atoms with van der Waals surface area (Å²) in [5, 5.41) is 11.1. The highest BCUT2D eigenvalue weighted by Gasteiger charge is 2.12. The third-order valence-corrected chi connectivity index (χ3v) is 4.93. The lowest BCUT2D eigenvalue weighted by Gasteiger charge is -2.15. The number of nitrogens with zero attached hydrogens (tertiary/aromatic N) is 2. The van der Waals surface area contributed by atoms with Crippen LogP contribution in [0.1, 0.15) is 25.5 Å². The minimum atomic E-state index is -0.521. The Hall–Kier alpha value is -2.25. The van der Waals surface area contributed by atoms with Crippen LogP contribution in [0.5, 0.6) is 5.75 Å². The number of aromatic nitrogens is 2. The van der Waals surface area contributed by atoms with E-state index in [9.17, 15) is 14.7 Å². The normalized spacial score (nSPS) is 11.4. The molecule has 6 nitrogen and oxygen atoms in total. The maximum Gasteiger partial charge on any atom is 0.336 e. The second-order valence-corrected chi connectivity index (χ2v) is 7.08. The van der Waals surface area contributed by atoms with Crippen LogP contribution in [0.25, 0.3) is 11.0 Å². The number of hydrogen-bond donors (Lipinski definition) is 1. The van der Waals surface area contributed by atoms with E-state index in [4.69, 9.17) is 16.0 Å². The topological polar surface area (TPSA) is 85.3 Å². The maximum absolute atomic E-state index is 11.8. The number of fused-ring (bicyclic) bond motifs is 1. The van der Waals surface area contributed by atoms with Gasteiger partial charge in [0.05, 0.1) is 5.02 Å². The van der Waals surface area contributed by atoms with Crippen molar-refractivity contribution in [1.29, 1.82) is 0 Å². The van der Waals surface area contributed by atoms with Crippen molar-refractivity contribution >= 4 is 34.3 Å². The third kappa shape index (κ3) is 3.72. The standard InChI is InChI=1S/C17H15ClN2O4S/c1-9(2)20-4-3-15(22)19-17(20)25-8-10-5-16(23)24-14-7-13(21)12(18)6-11(10)14/h3-7,9,21H,8H2,1-2H3. The van der Waals surface area contributed by atoms with Crippen LogP contribution in [-0.4, -0.2) is 14.7 Å². The minimum Gasteiger partial charge on any atom is -0.506 e. The van der Waals surface area contributed by atoms with Gasteiger partial charge in [0, 0.05) is 41.6 Å². The Morgan fingerprint density at radius 2 is 2.08 bits per heavy atom. The molecule has 0 saturated heterocycles. The molecule has 0 amide bonds. The highest BCUT2D eigenvalue weighted by atomic mass is 35.5. The van der Waals surface area contributed by atoms with Crippen molar-refractivity contribution in [2.45, 2.75) is 30.8 Å². The second-order valence-electron chi connectivity index (χ2n) is 5.73. The molecule has 0 spiro atoms. The van der Waals surface area contributed by atoms with Crippen molar-refractivity contribution in [3.8, 4) is 5.75 Å². The SMILES string of the molecule is CC(C)n1ccc(=O)nc1SCc1cc(=O)oc2cc(O)c(Cl)cc12. The second kappa shape index (κ2) is 6.93. The zero-order valence-corrected chi connectivity index (χ0v) is 15.1. The van der Waals surface area contributed by atoms with Crippen molar-refractivity contribution in [1.82, 2.24) is 9.55 Å². The lowest BCUT2D eigenvalue weighted by molar-refractivity contribution is 0.473. The summed E-state index contributed by atoms with van der Waals surface area (Å²) in [7, 11) is 0. The molecule has 0 atom stereocenters. The molecule has 8 heteroatoms. The largest absolute Gasteiger partial charge is 0.506 e. The summed E-state index contributed by atoms with van der Waals surface area (Å²) < 4.78 is 7.00. The Balaban J connectivity index is 2.02. The number of rotatable bonds is 4. The number of halogens is 1. The molecule has 0 bridgehead atoms. The van der Waals surface area contributed by atoms with Crippen molar-refractivity contribution in [3.05, 3.63) is 61.8 Å². The molecule has 0 aliphatic carbocycles. The Kier molecular flexibility index (Phi) is 4.87. The van der Waals surface area contributed by atoms with Gasteiger partial charge in [0.1, 0.15) is 11.3 Å². The van der Waals surface area contributed by atoms with Gasteiger partial charge in [0.25, 0.3) is 5.56 Å². The van der Waals surface area contributed by atoms with Gasteiger partial charge in [-0.05, 0) is 25.5 Å². The van der Waals surface area contributed by atoms with Crippen molar-refractivity contribution in [2.24, 2.45) is 0 Å². The van der Waals surface area contributed by atoms with E-state index in [1.165, 1.54) is 30.0 Å². The molecule has 0 fully saturated rings. The molecular weight excluding hydrogens is 364 g/mol. The summed E-state index contributed by atoms with van der Waals surface area (Å²) in [4.78, 5) is 27.4. The van der Waals surface area contributed by atoms with Crippen LogP contribution in [0, 0.1) is 0 Å². The molecule has 0 aliphatic heterocycles. The molecule has 1 N–H and O–H groups in total. The predicted octanol–water partition coefficient (Wildman–Crippen LogP) is 3.58. The smallest absolute Gasteiger partial charge is 0.336 e. The van der Waals surface area contributed by atoms with Gasteiger partial charge in [-0.2, -0.15) is 4.98 Å². The Labute approximate surface area is 152 Å². The first-order chi connectivity index (χ1) is 11.8. The molecule has 0 saturated carbocycles. The van der Waals surface area contributed by atoms with Crippen molar-refractivity contribution < 1.29 is 9.52 Å². The fourth-order valence-corrected chi connectivity index (χ4v) is 3.66. The van der Waals surface area contributed by atoms with Gasteiger partial charge in [-0.3, -0.25) is 4.79 Å². The summed E-state index contributed by atoms with van der Waals surface area (Å²) in [5.74, 6) is 0.243. The van der Waals surface area contributed by atoms with Crippen LogP contribution in [0.15, 0.2) is 49.6 Å². The van der Waals surface area contributed by atoms with E-state index >= 15 is 0 Å². The number of thioether (sulfide) groups is 1. The van der Waals surface area contributed by atoms with Crippen LogP contribution in [0.2, 0.25) is 5.02 Å². The fraction of sp³-hybridized carbons (Fsp3) is 0.235. The summed E-state index contributed by atoms with van der Waals surface area (Å²) >= 11 is 7.31. The zero-order chi connectivity index (χ0) is 18.1. The van der Waals surface area contributed by atoms with Crippen molar-refractivity contribution in [2.75, 3.05) is 0 Å². The molecule has 25 heavy (non-hydrogen) atoms. The van der Waals surface area contributed by atoms with Crippen LogP contribution < -0.4 is 11.2 Å². The number of phenols is 1. The predicted molar refractivity (Wildman–Crippen MR) is 97.6 cm³/mol. The highest BCUT2D eigenvalue weighted by molar-refractivity contribution is 7.98. The van der Waals surface area contributed by atoms with E-state index in [1.54, 1.807) is 12.3 Å². The quantitative estimate of drug-likeness (QED) is 0.424. The highest BCUT2D eigenvalue weighted by Crippen LogP contribution is 2.32. The first-order valence-corrected chi connectivity index (χ1v) is 8.88. The number of aromatic hydroxyl groups is 1. The molecule has 2 heterocycles. The van der Waals surface area contributed by atoms with Gasteiger partial charge in [0.2, 0.25) is 0 Å². The van der Waals surface area contributed by atoms with Gasteiger partial charge >= 0.3 is 5.63 Å². The summed E-state index contributed by atoms with van der Waals surface area (Å²) in [6.07, 6.45) is 1.70. The molecule has 130 valence electrons. The summed E-state index contributed by atoms with van der Waals surface area (Å²) in [5.41, 5.74) is 0.107. The molecule has 3 rings (SSSR count). The van der Waals surface area contributed by atoms with Gasteiger partial charge in [-0.1, -0.05) is 23.4 Å². The van der Waals surface area contributed by atoms with Crippen molar-refractivity contribution in [3.63, 3.8) is 0 Å². The Bertz CT molecular complexity index is 1060. The van der Waals surface area contributed by atoms with Crippen LogP contribution in [-0.2, 0) is 5.75 Å². The molecule has 0 radical (unpaired) electrons. The van der Waals surface area contributed by atoms with Gasteiger partial charge < -0.3 is 14.1 Å². The molecule has 2 aromatic heterocycles. The average molecular weight is 379 g/mol. The van der Waals surface area contributed by atoms with Gasteiger partial charge in [-0.15, -0.1) is 0 Å². The molecule has 0 unspecified atom stereocenters.